The third-order valence-corrected chi connectivity index (χ3v) is 5.52. The molecule has 1 unspecified atom stereocenters. The highest BCUT2D eigenvalue weighted by molar-refractivity contribution is 5.70. The molecule has 0 spiro atoms. The zero-order valence-corrected chi connectivity index (χ0v) is 15.4. The van der Waals surface area contributed by atoms with E-state index in [0.717, 1.165) is 24.8 Å². The molecule has 3 saturated carbocycles. The average molecular weight is 341 g/mol. The minimum absolute atomic E-state index is 0.0898. The highest BCUT2D eigenvalue weighted by atomic mass is 16.6. The van der Waals surface area contributed by atoms with Gasteiger partial charge in [0.25, 0.3) is 0 Å². The first-order chi connectivity index (χ1) is 11.8. The normalized spacial score (nSPS) is 29.9. The molecule has 0 aliphatic heterocycles. The molecular weight excluding hydrogens is 314 g/mol. The maximum Gasteiger partial charge on any atom is 0.306 e. The SMILES string of the molecule is CC(C)(C)OC(=O)CCC1C2(C#N)CC1(COCc1ccccc1)C2. The van der Waals surface area contributed by atoms with Crippen LogP contribution in [-0.2, 0) is 20.9 Å². The van der Waals surface area contributed by atoms with Crippen LogP contribution in [0, 0.1) is 28.1 Å². The quantitative estimate of drug-likeness (QED) is 0.696. The van der Waals surface area contributed by atoms with Gasteiger partial charge in [-0.2, -0.15) is 5.26 Å². The molecule has 0 heterocycles. The van der Waals surface area contributed by atoms with E-state index in [4.69, 9.17) is 9.47 Å². The second-order valence-corrected chi connectivity index (χ2v) is 8.64. The molecule has 4 heteroatoms. The Morgan fingerprint density at radius 1 is 1.28 bits per heavy atom. The Kier molecular flexibility index (Phi) is 4.64. The molecule has 0 saturated heterocycles. The maximum atomic E-state index is 12.0. The van der Waals surface area contributed by atoms with Crippen LogP contribution in [0.3, 0.4) is 0 Å². The molecule has 3 aliphatic rings. The number of esters is 1. The minimum atomic E-state index is -0.455. The molecule has 4 rings (SSSR count). The summed E-state index contributed by atoms with van der Waals surface area (Å²) in [4.78, 5) is 12.0. The summed E-state index contributed by atoms with van der Waals surface area (Å²) in [6, 6.07) is 12.6. The van der Waals surface area contributed by atoms with Crippen LogP contribution in [0.1, 0.15) is 52.0 Å². The molecule has 4 nitrogen and oxygen atoms in total. The van der Waals surface area contributed by atoms with E-state index in [1.165, 1.54) is 0 Å². The van der Waals surface area contributed by atoms with Gasteiger partial charge in [-0.3, -0.25) is 4.79 Å². The Bertz CT molecular complexity index is 663. The standard InChI is InChI=1S/C21H27NO3/c1-19(2,3)25-18(23)10-9-17-20(14-22)12-21(17,13-20)15-24-11-16-7-5-4-6-8-16/h4-8,17H,9-13,15H2,1-3H3. The van der Waals surface area contributed by atoms with Crippen molar-refractivity contribution < 1.29 is 14.3 Å². The van der Waals surface area contributed by atoms with E-state index >= 15 is 0 Å². The van der Waals surface area contributed by atoms with E-state index in [0.29, 0.717) is 19.6 Å². The van der Waals surface area contributed by atoms with Crippen molar-refractivity contribution in [2.24, 2.45) is 16.7 Å². The molecule has 1 aromatic rings. The molecule has 0 N–H and O–H groups in total. The Hall–Kier alpha value is -1.86. The van der Waals surface area contributed by atoms with Crippen LogP contribution >= 0.6 is 0 Å². The number of nitriles is 1. The highest BCUT2D eigenvalue weighted by Crippen LogP contribution is 2.78. The molecule has 0 radical (unpaired) electrons. The molecule has 0 aromatic heterocycles. The van der Waals surface area contributed by atoms with Crippen molar-refractivity contribution in [1.82, 2.24) is 0 Å². The first kappa shape index (κ1) is 17.9. The zero-order chi connectivity index (χ0) is 18.1. The van der Waals surface area contributed by atoms with Gasteiger partial charge in [0.15, 0.2) is 0 Å². The van der Waals surface area contributed by atoms with Crippen molar-refractivity contribution >= 4 is 5.97 Å². The van der Waals surface area contributed by atoms with Gasteiger partial charge in [-0.25, -0.2) is 0 Å². The Morgan fingerprint density at radius 3 is 2.56 bits per heavy atom. The summed E-state index contributed by atoms with van der Waals surface area (Å²) in [7, 11) is 0. The third-order valence-electron chi connectivity index (χ3n) is 5.52. The number of carbonyl (C=O) groups excluding carboxylic acids is 1. The highest BCUT2D eigenvalue weighted by Gasteiger charge is 2.75. The number of hydrogen-bond acceptors (Lipinski definition) is 4. The van der Waals surface area contributed by atoms with Gasteiger partial charge in [-0.1, -0.05) is 30.3 Å². The number of rotatable bonds is 7. The Morgan fingerprint density at radius 2 is 1.96 bits per heavy atom. The molecule has 25 heavy (non-hydrogen) atoms. The molecule has 1 atom stereocenters. The smallest absolute Gasteiger partial charge is 0.306 e. The molecule has 3 fully saturated rings. The fraction of sp³-hybridized carbons (Fsp3) is 0.619. The van der Waals surface area contributed by atoms with E-state index in [1.807, 2.05) is 39.0 Å². The second kappa shape index (κ2) is 6.46. The first-order valence-corrected chi connectivity index (χ1v) is 9.03. The second-order valence-electron chi connectivity index (χ2n) is 8.64. The number of carbonyl (C=O) groups is 1. The fourth-order valence-corrected chi connectivity index (χ4v) is 4.56. The van der Waals surface area contributed by atoms with Crippen LogP contribution in [0.25, 0.3) is 0 Å². The van der Waals surface area contributed by atoms with Gasteiger partial charge in [0.2, 0.25) is 0 Å². The molecular formula is C21H27NO3. The molecule has 0 amide bonds. The summed E-state index contributed by atoms with van der Waals surface area (Å²) in [5.41, 5.74) is 0.572. The monoisotopic (exact) mass is 341 g/mol. The summed E-state index contributed by atoms with van der Waals surface area (Å²) in [6.07, 6.45) is 2.91. The van der Waals surface area contributed by atoms with E-state index in [2.05, 4.69) is 18.2 Å². The van der Waals surface area contributed by atoms with Crippen LogP contribution in [0.5, 0.6) is 0 Å². The Labute approximate surface area is 150 Å². The van der Waals surface area contributed by atoms with Crippen molar-refractivity contribution in [3.05, 3.63) is 35.9 Å². The maximum absolute atomic E-state index is 12.0. The summed E-state index contributed by atoms with van der Waals surface area (Å²) in [5.74, 6) is 0.0838. The largest absolute Gasteiger partial charge is 0.460 e. The van der Waals surface area contributed by atoms with Crippen LogP contribution in [0.2, 0.25) is 0 Å². The lowest BCUT2D eigenvalue weighted by Gasteiger charge is -2.73. The van der Waals surface area contributed by atoms with E-state index in [1.54, 1.807) is 0 Å². The number of ether oxygens (including phenoxy) is 2. The Balaban J connectivity index is 1.50. The first-order valence-electron chi connectivity index (χ1n) is 9.03. The van der Waals surface area contributed by atoms with Gasteiger partial charge in [0.1, 0.15) is 5.60 Å². The molecule has 134 valence electrons. The van der Waals surface area contributed by atoms with Crippen LogP contribution < -0.4 is 0 Å². The number of nitrogens with zero attached hydrogens (tertiary/aromatic N) is 1. The lowest BCUT2D eigenvalue weighted by Crippen LogP contribution is -2.71. The van der Waals surface area contributed by atoms with Gasteiger partial charge < -0.3 is 9.47 Å². The molecule has 1 aromatic carbocycles. The molecule has 3 aliphatic carbocycles. The predicted octanol–water partition coefficient (Wildman–Crippen LogP) is 4.25. The summed E-state index contributed by atoms with van der Waals surface area (Å²) < 4.78 is 11.3. The van der Waals surface area contributed by atoms with Crippen molar-refractivity contribution in [3.63, 3.8) is 0 Å². The fourth-order valence-electron chi connectivity index (χ4n) is 4.56. The summed E-state index contributed by atoms with van der Waals surface area (Å²) in [6.45, 7) is 6.90. The number of benzene rings is 1. The lowest BCUT2D eigenvalue weighted by atomic mass is 9.29. The average Bonchev–Trinajstić information content (AvgIpc) is 2.48. The summed E-state index contributed by atoms with van der Waals surface area (Å²) in [5, 5.41) is 9.52. The van der Waals surface area contributed by atoms with Crippen LogP contribution in [0.15, 0.2) is 30.3 Å². The van der Waals surface area contributed by atoms with E-state index in [9.17, 15) is 10.1 Å². The van der Waals surface area contributed by atoms with Crippen molar-refractivity contribution in [1.29, 1.82) is 5.26 Å². The summed E-state index contributed by atoms with van der Waals surface area (Å²) >= 11 is 0. The predicted molar refractivity (Wildman–Crippen MR) is 94.4 cm³/mol. The van der Waals surface area contributed by atoms with Gasteiger partial charge in [-0.15, -0.1) is 0 Å². The lowest BCUT2D eigenvalue weighted by molar-refractivity contribution is -0.270. The van der Waals surface area contributed by atoms with Crippen molar-refractivity contribution in [2.75, 3.05) is 6.61 Å². The van der Waals surface area contributed by atoms with E-state index < -0.39 is 5.60 Å². The van der Waals surface area contributed by atoms with Crippen molar-refractivity contribution in [3.8, 4) is 6.07 Å². The van der Waals surface area contributed by atoms with Crippen molar-refractivity contribution in [2.45, 2.75) is 58.7 Å². The van der Waals surface area contributed by atoms with Crippen LogP contribution in [0.4, 0.5) is 0 Å². The minimum Gasteiger partial charge on any atom is -0.460 e. The third kappa shape index (κ3) is 3.57. The van der Waals surface area contributed by atoms with Gasteiger partial charge >= 0.3 is 5.97 Å². The topological polar surface area (TPSA) is 59.3 Å². The zero-order valence-electron chi connectivity index (χ0n) is 15.4. The van der Waals surface area contributed by atoms with Gasteiger partial charge in [-0.05, 0) is 51.5 Å². The van der Waals surface area contributed by atoms with Gasteiger partial charge in [0.05, 0.1) is 24.7 Å². The molecule has 2 bridgehead atoms. The van der Waals surface area contributed by atoms with E-state index in [-0.39, 0.29) is 22.7 Å². The van der Waals surface area contributed by atoms with Gasteiger partial charge in [0, 0.05) is 11.8 Å². The number of hydrogen-bond donors (Lipinski definition) is 0. The van der Waals surface area contributed by atoms with Crippen LogP contribution in [-0.4, -0.2) is 18.2 Å².